The molecule has 0 bridgehead atoms. The van der Waals surface area contributed by atoms with Gasteiger partial charge in [0.25, 0.3) is 0 Å². The second kappa shape index (κ2) is 11.2. The highest BCUT2D eigenvalue weighted by atomic mass is 14.8. The Morgan fingerprint density at radius 1 is 1.00 bits per heavy atom. The fourth-order valence-corrected chi connectivity index (χ4v) is 2.11. The summed E-state index contributed by atoms with van der Waals surface area (Å²) >= 11 is 0. The van der Waals surface area contributed by atoms with E-state index in [1.807, 2.05) is 18.5 Å². The Bertz CT molecular complexity index is 272. The minimum atomic E-state index is 1.07. The van der Waals surface area contributed by atoms with Crippen LogP contribution in [0, 0.1) is 0 Å². The number of aromatic nitrogens is 1. The molecule has 1 N–H and O–H groups in total. The van der Waals surface area contributed by atoms with Gasteiger partial charge in [-0.1, -0.05) is 51.5 Å². The fourth-order valence-electron chi connectivity index (χ4n) is 2.11. The minimum Gasteiger partial charge on any atom is -0.316 e. The Morgan fingerprint density at radius 2 is 1.78 bits per heavy atom. The number of unbranched alkanes of at least 4 members (excludes halogenated alkanes) is 6. The molecule has 1 aromatic heterocycles. The van der Waals surface area contributed by atoms with E-state index in [-0.39, 0.29) is 0 Å². The van der Waals surface area contributed by atoms with Gasteiger partial charge in [0, 0.05) is 12.4 Å². The maximum atomic E-state index is 4.12. The first-order chi connectivity index (χ1) is 8.93. The third kappa shape index (κ3) is 8.24. The Balaban J connectivity index is 1.82. The van der Waals surface area contributed by atoms with E-state index in [2.05, 4.69) is 23.3 Å². The Labute approximate surface area is 112 Å². The van der Waals surface area contributed by atoms with E-state index in [9.17, 15) is 0 Å². The van der Waals surface area contributed by atoms with Crippen molar-refractivity contribution in [2.45, 2.75) is 58.3 Å². The second-order valence-corrected chi connectivity index (χ2v) is 4.98. The van der Waals surface area contributed by atoms with Crippen molar-refractivity contribution in [3.8, 4) is 0 Å². The average Bonchev–Trinajstić information content (AvgIpc) is 2.42. The smallest absolute Gasteiger partial charge is 0.0300 e. The van der Waals surface area contributed by atoms with Crippen LogP contribution in [0.25, 0.3) is 0 Å². The van der Waals surface area contributed by atoms with E-state index in [0.717, 1.165) is 19.5 Å². The van der Waals surface area contributed by atoms with Gasteiger partial charge in [-0.25, -0.2) is 0 Å². The molecular weight excluding hydrogens is 220 g/mol. The lowest BCUT2D eigenvalue weighted by Crippen LogP contribution is -2.18. The third-order valence-corrected chi connectivity index (χ3v) is 3.27. The first-order valence-electron chi connectivity index (χ1n) is 7.53. The zero-order valence-electron chi connectivity index (χ0n) is 11.8. The number of nitrogens with one attached hydrogen (secondary N) is 1. The van der Waals surface area contributed by atoms with Crippen LogP contribution in [-0.4, -0.2) is 18.1 Å². The van der Waals surface area contributed by atoms with Crippen LogP contribution in [0.15, 0.2) is 24.5 Å². The molecule has 0 saturated heterocycles. The predicted octanol–water partition coefficient (Wildman–Crippen LogP) is 3.96. The standard InChI is InChI=1S/C16H28N2/c1-2-3-4-5-6-7-8-12-17-14-11-16-10-9-13-18-15-16/h9-10,13,15,17H,2-8,11-12,14H2,1H3. The quantitative estimate of drug-likeness (QED) is 0.599. The molecule has 2 nitrogen and oxygen atoms in total. The molecule has 1 heterocycles. The van der Waals surface area contributed by atoms with Gasteiger partial charge < -0.3 is 5.32 Å². The molecule has 0 aliphatic rings. The van der Waals surface area contributed by atoms with Gasteiger partial charge in [0.2, 0.25) is 0 Å². The zero-order valence-corrected chi connectivity index (χ0v) is 11.8. The summed E-state index contributed by atoms with van der Waals surface area (Å²) in [6.07, 6.45) is 14.6. The summed E-state index contributed by atoms with van der Waals surface area (Å²) in [4.78, 5) is 4.12. The van der Waals surface area contributed by atoms with E-state index in [1.165, 1.54) is 50.5 Å². The largest absolute Gasteiger partial charge is 0.316 e. The van der Waals surface area contributed by atoms with E-state index in [4.69, 9.17) is 0 Å². The van der Waals surface area contributed by atoms with Crippen molar-refractivity contribution < 1.29 is 0 Å². The molecule has 0 atom stereocenters. The molecule has 0 amide bonds. The van der Waals surface area contributed by atoms with Crippen molar-refractivity contribution in [2.24, 2.45) is 0 Å². The van der Waals surface area contributed by atoms with Crippen LogP contribution in [0.5, 0.6) is 0 Å². The molecule has 102 valence electrons. The van der Waals surface area contributed by atoms with Gasteiger partial charge in [-0.3, -0.25) is 4.98 Å². The molecule has 1 aromatic rings. The summed E-state index contributed by atoms with van der Waals surface area (Å²) in [6.45, 7) is 4.50. The monoisotopic (exact) mass is 248 g/mol. The summed E-state index contributed by atoms with van der Waals surface area (Å²) in [5, 5.41) is 3.51. The Hall–Kier alpha value is -0.890. The van der Waals surface area contributed by atoms with Gasteiger partial charge >= 0.3 is 0 Å². The number of hydrogen-bond donors (Lipinski definition) is 1. The molecule has 2 heteroatoms. The molecule has 0 aliphatic carbocycles. The predicted molar refractivity (Wildman–Crippen MR) is 78.8 cm³/mol. The highest BCUT2D eigenvalue weighted by Crippen LogP contribution is 2.06. The van der Waals surface area contributed by atoms with Gasteiger partial charge in [0.1, 0.15) is 0 Å². The molecule has 0 unspecified atom stereocenters. The minimum absolute atomic E-state index is 1.07. The van der Waals surface area contributed by atoms with Crippen LogP contribution in [-0.2, 0) is 6.42 Å². The summed E-state index contributed by atoms with van der Waals surface area (Å²) in [6, 6.07) is 4.15. The lowest BCUT2D eigenvalue weighted by Gasteiger charge is -2.04. The highest BCUT2D eigenvalue weighted by molar-refractivity contribution is 5.08. The molecule has 0 spiro atoms. The molecule has 0 aliphatic heterocycles. The van der Waals surface area contributed by atoms with Gasteiger partial charge in [-0.2, -0.15) is 0 Å². The summed E-state index contributed by atoms with van der Waals surface area (Å²) in [5.41, 5.74) is 1.32. The molecule has 1 rings (SSSR count). The maximum Gasteiger partial charge on any atom is 0.0300 e. The molecule has 18 heavy (non-hydrogen) atoms. The van der Waals surface area contributed by atoms with Crippen molar-refractivity contribution >= 4 is 0 Å². The van der Waals surface area contributed by atoms with Crippen molar-refractivity contribution in [3.05, 3.63) is 30.1 Å². The Morgan fingerprint density at radius 3 is 2.50 bits per heavy atom. The summed E-state index contributed by atoms with van der Waals surface area (Å²) < 4.78 is 0. The molecule has 0 aromatic carbocycles. The van der Waals surface area contributed by atoms with E-state index in [1.54, 1.807) is 0 Å². The lowest BCUT2D eigenvalue weighted by atomic mass is 10.1. The second-order valence-electron chi connectivity index (χ2n) is 4.98. The molecule has 0 fully saturated rings. The van der Waals surface area contributed by atoms with Crippen LogP contribution >= 0.6 is 0 Å². The first-order valence-corrected chi connectivity index (χ1v) is 7.53. The SMILES string of the molecule is CCCCCCCCCNCCc1cccnc1. The van der Waals surface area contributed by atoms with Gasteiger partial charge in [-0.15, -0.1) is 0 Å². The van der Waals surface area contributed by atoms with E-state index < -0.39 is 0 Å². The van der Waals surface area contributed by atoms with Crippen molar-refractivity contribution in [3.63, 3.8) is 0 Å². The first kappa shape index (κ1) is 15.2. The van der Waals surface area contributed by atoms with Gasteiger partial charge in [-0.05, 0) is 37.6 Å². The van der Waals surface area contributed by atoms with Crippen molar-refractivity contribution in [1.29, 1.82) is 0 Å². The van der Waals surface area contributed by atoms with Crippen LogP contribution in [0.4, 0.5) is 0 Å². The number of pyridine rings is 1. The van der Waals surface area contributed by atoms with E-state index in [0.29, 0.717) is 0 Å². The number of rotatable bonds is 11. The maximum absolute atomic E-state index is 4.12. The van der Waals surface area contributed by atoms with Crippen LogP contribution in [0.3, 0.4) is 0 Å². The lowest BCUT2D eigenvalue weighted by molar-refractivity contribution is 0.563. The summed E-state index contributed by atoms with van der Waals surface area (Å²) in [5.74, 6) is 0. The summed E-state index contributed by atoms with van der Waals surface area (Å²) in [7, 11) is 0. The number of hydrogen-bond acceptors (Lipinski definition) is 2. The third-order valence-electron chi connectivity index (χ3n) is 3.27. The average molecular weight is 248 g/mol. The van der Waals surface area contributed by atoms with Gasteiger partial charge in [0.15, 0.2) is 0 Å². The van der Waals surface area contributed by atoms with Crippen LogP contribution in [0.1, 0.15) is 57.4 Å². The topological polar surface area (TPSA) is 24.9 Å². The molecular formula is C16H28N2. The van der Waals surface area contributed by atoms with Crippen molar-refractivity contribution in [2.75, 3.05) is 13.1 Å². The van der Waals surface area contributed by atoms with Crippen molar-refractivity contribution in [1.82, 2.24) is 10.3 Å². The highest BCUT2D eigenvalue weighted by Gasteiger charge is 1.93. The zero-order chi connectivity index (χ0) is 12.9. The van der Waals surface area contributed by atoms with Crippen LogP contribution in [0.2, 0.25) is 0 Å². The number of nitrogens with zero attached hydrogens (tertiary/aromatic N) is 1. The van der Waals surface area contributed by atoms with Gasteiger partial charge in [0.05, 0.1) is 0 Å². The fraction of sp³-hybridized carbons (Fsp3) is 0.688. The molecule has 0 saturated carbocycles. The molecule has 0 radical (unpaired) electrons. The normalized spacial score (nSPS) is 10.7. The van der Waals surface area contributed by atoms with Crippen LogP contribution < -0.4 is 5.32 Å². The van der Waals surface area contributed by atoms with E-state index >= 15 is 0 Å². The Kier molecular flexibility index (Phi) is 9.45.